The summed E-state index contributed by atoms with van der Waals surface area (Å²) in [6.45, 7) is 2.96. The lowest BCUT2D eigenvalue weighted by atomic mass is 10.1. The van der Waals surface area contributed by atoms with Gasteiger partial charge in [0.15, 0.2) is 0 Å². The molecule has 1 aliphatic heterocycles. The van der Waals surface area contributed by atoms with E-state index in [0.717, 1.165) is 10.9 Å². The number of nitrogens with zero attached hydrogens (tertiary/aromatic N) is 1. The second-order valence-electron chi connectivity index (χ2n) is 5.12. The largest absolute Gasteiger partial charge is 0.388 e. The van der Waals surface area contributed by atoms with Crippen molar-refractivity contribution in [3.05, 3.63) is 35.0 Å². The van der Waals surface area contributed by atoms with Gasteiger partial charge in [0, 0.05) is 17.4 Å². The van der Waals surface area contributed by atoms with Gasteiger partial charge in [0.05, 0.1) is 30.4 Å². The summed E-state index contributed by atoms with van der Waals surface area (Å²) in [6.07, 6.45) is -0.656. The number of ether oxygens (including phenoxy) is 1. The van der Waals surface area contributed by atoms with Crippen LogP contribution >= 0.6 is 11.6 Å². The third kappa shape index (κ3) is 2.41. The average molecular weight is 309 g/mol. The van der Waals surface area contributed by atoms with Crippen molar-refractivity contribution in [3.63, 3.8) is 0 Å². The maximum Gasteiger partial charge on any atom is 0.272 e. The van der Waals surface area contributed by atoms with Crippen molar-refractivity contribution in [2.24, 2.45) is 0 Å². The number of H-pyrrole nitrogens is 1. The van der Waals surface area contributed by atoms with Gasteiger partial charge in [-0.3, -0.25) is 4.79 Å². The molecule has 0 unspecified atom stereocenters. The maximum atomic E-state index is 12.7. The van der Waals surface area contributed by atoms with E-state index in [2.05, 4.69) is 4.98 Å². The van der Waals surface area contributed by atoms with Crippen LogP contribution in [0, 0.1) is 0 Å². The van der Waals surface area contributed by atoms with Gasteiger partial charge in [-0.05, 0) is 13.0 Å². The van der Waals surface area contributed by atoms with Crippen LogP contribution in [-0.4, -0.2) is 52.8 Å². The van der Waals surface area contributed by atoms with Gasteiger partial charge in [0.25, 0.3) is 5.91 Å². The lowest BCUT2D eigenvalue weighted by Gasteiger charge is -2.28. The number of carbonyl (C=O) groups excluding carboxylic acids is 1. The highest BCUT2D eigenvalue weighted by atomic mass is 35.5. The van der Waals surface area contributed by atoms with Crippen molar-refractivity contribution in [2.75, 3.05) is 19.8 Å². The van der Waals surface area contributed by atoms with Gasteiger partial charge >= 0.3 is 0 Å². The molecule has 0 aliphatic carbocycles. The molecular formula is C15H17ClN2O3. The zero-order chi connectivity index (χ0) is 15.0. The zero-order valence-corrected chi connectivity index (χ0v) is 12.4. The van der Waals surface area contributed by atoms with Crippen LogP contribution in [0.3, 0.4) is 0 Å². The summed E-state index contributed by atoms with van der Waals surface area (Å²) in [6, 6.07) is 7.18. The number of aliphatic hydroxyl groups is 1. The molecule has 21 heavy (non-hydrogen) atoms. The molecule has 112 valence electrons. The van der Waals surface area contributed by atoms with Crippen LogP contribution in [0.2, 0.25) is 5.02 Å². The summed E-state index contributed by atoms with van der Waals surface area (Å²) in [5.41, 5.74) is 1.18. The molecule has 0 radical (unpaired) electrons. The van der Waals surface area contributed by atoms with Crippen molar-refractivity contribution >= 4 is 28.4 Å². The molecule has 1 saturated heterocycles. The zero-order valence-electron chi connectivity index (χ0n) is 11.7. The van der Waals surface area contributed by atoms with Crippen LogP contribution in [-0.2, 0) is 4.74 Å². The van der Waals surface area contributed by atoms with Crippen LogP contribution in [0.25, 0.3) is 10.9 Å². The van der Waals surface area contributed by atoms with E-state index in [4.69, 9.17) is 16.3 Å². The Morgan fingerprint density at radius 1 is 1.48 bits per heavy atom. The van der Waals surface area contributed by atoms with Gasteiger partial charge in [-0.15, -0.1) is 0 Å². The van der Waals surface area contributed by atoms with Crippen molar-refractivity contribution in [1.29, 1.82) is 0 Å². The van der Waals surface area contributed by atoms with Crippen LogP contribution in [0.15, 0.2) is 24.3 Å². The minimum absolute atomic E-state index is 0.215. The van der Waals surface area contributed by atoms with E-state index in [1.807, 2.05) is 31.2 Å². The summed E-state index contributed by atoms with van der Waals surface area (Å²) in [5, 5.41) is 11.2. The topological polar surface area (TPSA) is 65.6 Å². The lowest BCUT2D eigenvalue weighted by molar-refractivity contribution is 0.0516. The number of likely N-dealkylation sites (N-methyl/N-ethyl adjacent to an activating group) is 1. The van der Waals surface area contributed by atoms with Gasteiger partial charge < -0.3 is 19.7 Å². The smallest absolute Gasteiger partial charge is 0.272 e. The summed E-state index contributed by atoms with van der Waals surface area (Å²) >= 11 is 6.32. The quantitative estimate of drug-likeness (QED) is 0.912. The minimum Gasteiger partial charge on any atom is -0.388 e. The number of carbonyl (C=O) groups is 1. The molecule has 2 aromatic rings. The Labute approximate surface area is 127 Å². The number of aromatic amines is 1. The third-order valence-electron chi connectivity index (χ3n) is 3.88. The first-order valence-electron chi connectivity index (χ1n) is 6.96. The van der Waals surface area contributed by atoms with Crippen molar-refractivity contribution in [3.8, 4) is 0 Å². The second-order valence-corrected chi connectivity index (χ2v) is 5.50. The highest BCUT2D eigenvalue weighted by Crippen LogP contribution is 2.29. The molecule has 1 aromatic heterocycles. The van der Waals surface area contributed by atoms with E-state index < -0.39 is 6.10 Å². The van der Waals surface area contributed by atoms with E-state index in [9.17, 15) is 9.90 Å². The van der Waals surface area contributed by atoms with Gasteiger partial charge in [0.1, 0.15) is 5.69 Å². The highest BCUT2D eigenvalue weighted by Gasteiger charge is 2.35. The fourth-order valence-corrected chi connectivity index (χ4v) is 3.05. The fraction of sp³-hybridized carbons (Fsp3) is 0.400. The molecule has 1 amide bonds. The number of aliphatic hydroxyl groups excluding tert-OH is 1. The number of halogens is 1. The first kappa shape index (κ1) is 14.4. The number of hydrogen-bond acceptors (Lipinski definition) is 3. The molecule has 5 nitrogen and oxygen atoms in total. The van der Waals surface area contributed by atoms with Crippen molar-refractivity contribution in [2.45, 2.75) is 19.1 Å². The standard InChI is InChI=1S/C15H17ClN2O3/c1-2-18(11-7-21-8-12(11)19)15(20)14-13(16)9-5-3-4-6-10(9)17-14/h3-6,11-12,17,19H,2,7-8H2,1H3/t11-,12-/m0/s1. The molecule has 2 atom stereocenters. The number of amides is 1. The summed E-state index contributed by atoms with van der Waals surface area (Å²) < 4.78 is 5.24. The number of fused-ring (bicyclic) bond motifs is 1. The first-order chi connectivity index (χ1) is 10.1. The number of hydrogen-bond donors (Lipinski definition) is 2. The number of benzene rings is 1. The van der Waals surface area contributed by atoms with E-state index in [1.165, 1.54) is 0 Å². The minimum atomic E-state index is -0.656. The van der Waals surface area contributed by atoms with Crippen LogP contribution in [0.1, 0.15) is 17.4 Å². The predicted octanol–water partition coefficient (Wildman–Crippen LogP) is 2.04. The Morgan fingerprint density at radius 3 is 2.86 bits per heavy atom. The monoisotopic (exact) mass is 308 g/mol. The number of rotatable bonds is 3. The summed E-state index contributed by atoms with van der Waals surface area (Å²) in [5.74, 6) is -0.215. The number of aromatic nitrogens is 1. The predicted molar refractivity (Wildman–Crippen MR) is 80.6 cm³/mol. The highest BCUT2D eigenvalue weighted by molar-refractivity contribution is 6.38. The molecule has 2 heterocycles. The Hall–Kier alpha value is -1.56. The molecule has 3 rings (SSSR count). The number of nitrogens with one attached hydrogen (secondary N) is 1. The normalized spacial score (nSPS) is 21.9. The van der Waals surface area contributed by atoms with Gasteiger partial charge in [-0.25, -0.2) is 0 Å². The Balaban J connectivity index is 1.96. The van der Waals surface area contributed by atoms with Crippen LogP contribution in [0.5, 0.6) is 0 Å². The Morgan fingerprint density at radius 2 is 2.24 bits per heavy atom. The molecule has 2 N–H and O–H groups in total. The van der Waals surface area contributed by atoms with Gasteiger partial charge in [-0.1, -0.05) is 29.8 Å². The molecule has 0 spiro atoms. The number of para-hydroxylation sites is 1. The van der Waals surface area contributed by atoms with Crippen molar-refractivity contribution in [1.82, 2.24) is 9.88 Å². The SMILES string of the molecule is CCN(C(=O)c1[nH]c2ccccc2c1Cl)[C@H]1COC[C@@H]1O. The molecule has 1 fully saturated rings. The summed E-state index contributed by atoms with van der Waals surface area (Å²) in [4.78, 5) is 17.4. The average Bonchev–Trinajstić information content (AvgIpc) is 3.05. The Bertz CT molecular complexity index is 670. The molecule has 1 aliphatic rings. The van der Waals surface area contributed by atoms with E-state index in [-0.39, 0.29) is 18.6 Å². The Kier molecular flexibility index (Phi) is 3.89. The lowest BCUT2D eigenvalue weighted by Crippen LogP contribution is -2.46. The van der Waals surface area contributed by atoms with Gasteiger partial charge in [-0.2, -0.15) is 0 Å². The molecule has 1 aromatic carbocycles. The third-order valence-corrected chi connectivity index (χ3v) is 4.27. The molecular weight excluding hydrogens is 292 g/mol. The molecule has 0 bridgehead atoms. The molecule has 6 heteroatoms. The van der Waals surface area contributed by atoms with Crippen LogP contribution < -0.4 is 0 Å². The van der Waals surface area contributed by atoms with E-state index >= 15 is 0 Å². The summed E-state index contributed by atoms with van der Waals surface area (Å²) in [7, 11) is 0. The molecule has 0 saturated carbocycles. The van der Waals surface area contributed by atoms with Crippen LogP contribution in [0.4, 0.5) is 0 Å². The first-order valence-corrected chi connectivity index (χ1v) is 7.34. The second kappa shape index (κ2) is 5.67. The fourth-order valence-electron chi connectivity index (χ4n) is 2.76. The van der Waals surface area contributed by atoms with Crippen molar-refractivity contribution < 1.29 is 14.6 Å². The van der Waals surface area contributed by atoms with E-state index in [1.54, 1.807) is 4.90 Å². The van der Waals surface area contributed by atoms with Gasteiger partial charge in [0.2, 0.25) is 0 Å². The van der Waals surface area contributed by atoms with E-state index in [0.29, 0.717) is 23.9 Å². The maximum absolute atomic E-state index is 12.7.